The second-order valence-electron chi connectivity index (χ2n) is 5.94. The second-order valence-corrected chi connectivity index (χ2v) is 5.94. The highest BCUT2D eigenvalue weighted by Gasteiger charge is 2.19. The molecule has 0 saturated carbocycles. The van der Waals surface area contributed by atoms with Crippen molar-refractivity contribution in [1.82, 2.24) is 5.06 Å². The molecule has 0 radical (unpaired) electrons. The number of hydroxylamine groups is 2. The van der Waals surface area contributed by atoms with Gasteiger partial charge in [0.2, 0.25) is 0 Å². The van der Waals surface area contributed by atoms with Crippen molar-refractivity contribution in [1.29, 1.82) is 0 Å². The third kappa shape index (κ3) is 8.02. The molecule has 0 unspecified atom stereocenters. The van der Waals surface area contributed by atoms with Gasteiger partial charge in [0, 0.05) is 13.1 Å². The topological polar surface area (TPSA) is 23.5 Å². The van der Waals surface area contributed by atoms with Crippen LogP contribution in [0.25, 0.3) is 0 Å². The van der Waals surface area contributed by atoms with Gasteiger partial charge in [-0.1, -0.05) is 41.5 Å². The van der Waals surface area contributed by atoms with E-state index in [4.69, 9.17) is 0 Å². The van der Waals surface area contributed by atoms with E-state index in [-0.39, 0.29) is 10.8 Å². The lowest BCUT2D eigenvalue weighted by atomic mass is 9.93. The summed E-state index contributed by atoms with van der Waals surface area (Å²) in [6.45, 7) is 14.2. The number of rotatable bonds is 2. The third-order valence-electron chi connectivity index (χ3n) is 1.31. The Kier molecular flexibility index (Phi) is 3.73. The highest BCUT2D eigenvalue weighted by atomic mass is 16.5. The van der Waals surface area contributed by atoms with Crippen LogP contribution in [0, 0.1) is 10.8 Å². The van der Waals surface area contributed by atoms with Crippen LogP contribution in [0.2, 0.25) is 0 Å². The van der Waals surface area contributed by atoms with Crippen molar-refractivity contribution < 1.29 is 5.21 Å². The molecule has 0 aromatic heterocycles. The Hall–Kier alpha value is -0.0800. The molecular weight excluding hydrogens is 150 g/mol. The highest BCUT2D eigenvalue weighted by Crippen LogP contribution is 2.18. The SMILES string of the molecule is CC(C)(C)CN(O)CC(C)(C)C. The molecule has 0 aromatic carbocycles. The molecule has 2 heteroatoms. The zero-order valence-corrected chi connectivity index (χ0v) is 9.31. The maximum Gasteiger partial charge on any atom is 0.0287 e. The molecule has 0 aromatic rings. The molecule has 1 N–H and O–H groups in total. The lowest BCUT2D eigenvalue weighted by Crippen LogP contribution is -2.35. The minimum Gasteiger partial charge on any atom is -0.314 e. The average Bonchev–Trinajstić information content (AvgIpc) is 1.49. The minimum absolute atomic E-state index is 0.167. The molecular formula is C10H23NO. The van der Waals surface area contributed by atoms with Crippen LogP contribution in [0.15, 0.2) is 0 Å². The van der Waals surface area contributed by atoms with Crippen LogP contribution in [-0.2, 0) is 0 Å². The first-order valence-electron chi connectivity index (χ1n) is 4.54. The standard InChI is InChI=1S/C10H23NO/c1-9(2,3)7-11(12)8-10(4,5)6/h12H,7-8H2,1-6H3. The maximum absolute atomic E-state index is 9.55. The van der Waals surface area contributed by atoms with E-state index >= 15 is 0 Å². The summed E-state index contributed by atoms with van der Waals surface area (Å²) in [5.41, 5.74) is 0.333. The van der Waals surface area contributed by atoms with Crippen molar-refractivity contribution >= 4 is 0 Å². The van der Waals surface area contributed by atoms with E-state index in [9.17, 15) is 5.21 Å². The fourth-order valence-electron chi connectivity index (χ4n) is 1.15. The van der Waals surface area contributed by atoms with Gasteiger partial charge in [0.05, 0.1) is 0 Å². The third-order valence-corrected chi connectivity index (χ3v) is 1.31. The average molecular weight is 173 g/mol. The quantitative estimate of drug-likeness (QED) is 0.649. The van der Waals surface area contributed by atoms with Gasteiger partial charge in [0.15, 0.2) is 0 Å². The van der Waals surface area contributed by atoms with Gasteiger partial charge in [-0.15, -0.1) is 0 Å². The summed E-state index contributed by atoms with van der Waals surface area (Å²) >= 11 is 0. The van der Waals surface area contributed by atoms with Gasteiger partial charge in [-0.3, -0.25) is 0 Å². The summed E-state index contributed by atoms with van der Waals surface area (Å²) in [7, 11) is 0. The monoisotopic (exact) mass is 173 g/mol. The molecule has 2 nitrogen and oxygen atoms in total. The van der Waals surface area contributed by atoms with Crippen LogP contribution in [0.5, 0.6) is 0 Å². The van der Waals surface area contributed by atoms with Crippen molar-refractivity contribution in [2.24, 2.45) is 10.8 Å². The summed E-state index contributed by atoms with van der Waals surface area (Å²) in [5, 5.41) is 11.0. The Bertz CT molecular complexity index is 114. The van der Waals surface area contributed by atoms with E-state index in [1.807, 2.05) is 0 Å². The Morgan fingerprint density at radius 2 is 1.08 bits per heavy atom. The molecule has 0 fully saturated rings. The van der Waals surface area contributed by atoms with Gasteiger partial charge in [-0.05, 0) is 10.8 Å². The second kappa shape index (κ2) is 3.75. The Labute approximate surface area is 76.5 Å². The number of hydrogen-bond acceptors (Lipinski definition) is 2. The molecule has 0 aliphatic rings. The largest absolute Gasteiger partial charge is 0.314 e. The molecule has 0 aliphatic heterocycles. The van der Waals surface area contributed by atoms with E-state index in [1.54, 1.807) is 0 Å². The summed E-state index contributed by atoms with van der Waals surface area (Å²) < 4.78 is 0. The fraction of sp³-hybridized carbons (Fsp3) is 1.00. The summed E-state index contributed by atoms with van der Waals surface area (Å²) in [6.07, 6.45) is 0. The summed E-state index contributed by atoms with van der Waals surface area (Å²) in [4.78, 5) is 0. The maximum atomic E-state index is 9.55. The van der Waals surface area contributed by atoms with E-state index in [0.717, 1.165) is 13.1 Å². The van der Waals surface area contributed by atoms with Crippen molar-refractivity contribution in [2.45, 2.75) is 41.5 Å². The Morgan fingerprint density at radius 3 is 1.25 bits per heavy atom. The van der Waals surface area contributed by atoms with E-state index in [2.05, 4.69) is 41.5 Å². The van der Waals surface area contributed by atoms with Gasteiger partial charge in [-0.2, -0.15) is 5.06 Å². The van der Waals surface area contributed by atoms with Crippen LogP contribution in [0.3, 0.4) is 0 Å². The zero-order chi connectivity index (χ0) is 9.99. The van der Waals surface area contributed by atoms with Crippen molar-refractivity contribution in [3.8, 4) is 0 Å². The Balaban J connectivity index is 3.83. The van der Waals surface area contributed by atoms with Gasteiger partial charge < -0.3 is 5.21 Å². The van der Waals surface area contributed by atoms with Crippen molar-refractivity contribution in [2.75, 3.05) is 13.1 Å². The molecule has 0 rings (SSSR count). The summed E-state index contributed by atoms with van der Waals surface area (Å²) in [6, 6.07) is 0. The van der Waals surface area contributed by atoms with Gasteiger partial charge in [0.25, 0.3) is 0 Å². The highest BCUT2D eigenvalue weighted by molar-refractivity contribution is 4.69. The normalized spacial score (nSPS) is 14.0. The molecule has 0 heterocycles. The minimum atomic E-state index is 0.167. The van der Waals surface area contributed by atoms with Crippen LogP contribution >= 0.6 is 0 Å². The van der Waals surface area contributed by atoms with Crippen LogP contribution in [0.1, 0.15) is 41.5 Å². The van der Waals surface area contributed by atoms with Crippen LogP contribution in [0.4, 0.5) is 0 Å². The zero-order valence-electron chi connectivity index (χ0n) is 9.31. The predicted molar refractivity (Wildman–Crippen MR) is 52.3 cm³/mol. The number of nitrogens with zero attached hydrogens (tertiary/aromatic N) is 1. The van der Waals surface area contributed by atoms with Crippen LogP contribution < -0.4 is 0 Å². The van der Waals surface area contributed by atoms with Gasteiger partial charge in [-0.25, -0.2) is 0 Å². The molecule has 0 aliphatic carbocycles. The lowest BCUT2D eigenvalue weighted by molar-refractivity contribution is -0.128. The molecule has 0 saturated heterocycles. The molecule has 0 bridgehead atoms. The van der Waals surface area contributed by atoms with Crippen LogP contribution in [-0.4, -0.2) is 23.4 Å². The lowest BCUT2D eigenvalue weighted by Gasteiger charge is -2.29. The van der Waals surface area contributed by atoms with Crippen molar-refractivity contribution in [3.63, 3.8) is 0 Å². The van der Waals surface area contributed by atoms with E-state index in [0.29, 0.717) is 0 Å². The fourth-order valence-corrected chi connectivity index (χ4v) is 1.15. The first-order valence-corrected chi connectivity index (χ1v) is 4.54. The van der Waals surface area contributed by atoms with Gasteiger partial charge >= 0.3 is 0 Å². The summed E-state index contributed by atoms with van der Waals surface area (Å²) in [5.74, 6) is 0. The first-order chi connectivity index (χ1) is 5.10. The van der Waals surface area contributed by atoms with Gasteiger partial charge in [0.1, 0.15) is 0 Å². The molecule has 0 atom stereocenters. The predicted octanol–water partition coefficient (Wildman–Crippen LogP) is 2.77. The molecule has 74 valence electrons. The first kappa shape index (κ1) is 11.9. The molecule has 12 heavy (non-hydrogen) atoms. The van der Waals surface area contributed by atoms with Crippen molar-refractivity contribution in [3.05, 3.63) is 0 Å². The molecule has 0 spiro atoms. The number of hydrogen-bond donors (Lipinski definition) is 1. The smallest absolute Gasteiger partial charge is 0.0287 e. The molecule has 0 amide bonds. The Morgan fingerprint density at radius 1 is 0.833 bits per heavy atom. The van der Waals surface area contributed by atoms with E-state index < -0.39 is 0 Å². The van der Waals surface area contributed by atoms with E-state index in [1.165, 1.54) is 5.06 Å².